The Balaban J connectivity index is 1.74. The Hall–Kier alpha value is -1.43. The topological polar surface area (TPSA) is 53.5 Å². The molecule has 3 heterocycles. The van der Waals surface area contributed by atoms with Crippen LogP contribution >= 0.6 is 11.3 Å². The van der Waals surface area contributed by atoms with Crippen molar-refractivity contribution in [3.05, 3.63) is 16.6 Å². The summed E-state index contributed by atoms with van der Waals surface area (Å²) in [6.45, 7) is 5.36. The fourth-order valence-electron chi connectivity index (χ4n) is 3.48. The molecule has 3 rings (SSSR count). The monoisotopic (exact) mass is 321 g/mol. The largest absolute Gasteiger partial charge is 0.339 e. The number of piperidine rings is 1. The highest BCUT2D eigenvalue weighted by molar-refractivity contribution is 7.09. The lowest BCUT2D eigenvalue weighted by Gasteiger charge is -2.36. The van der Waals surface area contributed by atoms with Gasteiger partial charge in [-0.2, -0.15) is 0 Å². The van der Waals surface area contributed by atoms with Gasteiger partial charge < -0.3 is 9.80 Å². The maximum absolute atomic E-state index is 12.9. The van der Waals surface area contributed by atoms with Crippen LogP contribution in [0.2, 0.25) is 0 Å². The molecule has 2 fully saturated rings. The third kappa shape index (κ3) is 2.89. The maximum Gasteiger partial charge on any atom is 0.228 e. The van der Waals surface area contributed by atoms with Crippen LogP contribution in [0.4, 0.5) is 0 Å². The number of hydrogen-bond acceptors (Lipinski definition) is 4. The lowest BCUT2D eigenvalue weighted by Crippen LogP contribution is -2.43. The minimum atomic E-state index is -0.185. The first-order valence-electron chi connectivity index (χ1n) is 8.07. The molecule has 2 aliphatic heterocycles. The summed E-state index contributed by atoms with van der Waals surface area (Å²) in [4.78, 5) is 33.2. The van der Waals surface area contributed by atoms with Crippen molar-refractivity contribution in [2.24, 2.45) is 5.92 Å². The lowest BCUT2D eigenvalue weighted by molar-refractivity contribution is -0.139. The van der Waals surface area contributed by atoms with E-state index in [4.69, 9.17) is 0 Å². The molecule has 5 nitrogen and oxygen atoms in total. The van der Waals surface area contributed by atoms with Gasteiger partial charge in [-0.05, 0) is 33.1 Å². The molecule has 1 aromatic rings. The Kier molecular flexibility index (Phi) is 4.47. The van der Waals surface area contributed by atoms with Gasteiger partial charge in [0.1, 0.15) is 5.01 Å². The number of nitrogens with zero attached hydrogens (tertiary/aromatic N) is 3. The molecular weight excluding hydrogens is 298 g/mol. The number of hydrogen-bond donors (Lipinski definition) is 0. The zero-order chi connectivity index (χ0) is 15.7. The van der Waals surface area contributed by atoms with Crippen LogP contribution in [0.1, 0.15) is 50.6 Å². The van der Waals surface area contributed by atoms with E-state index in [0.717, 1.165) is 30.8 Å². The Morgan fingerprint density at radius 3 is 2.86 bits per heavy atom. The number of thiazole rings is 1. The number of amides is 2. The molecular formula is C16H23N3O2S. The molecule has 2 aliphatic rings. The van der Waals surface area contributed by atoms with Crippen LogP contribution < -0.4 is 0 Å². The summed E-state index contributed by atoms with van der Waals surface area (Å²) in [6.07, 6.45) is 5.32. The van der Waals surface area contributed by atoms with Crippen molar-refractivity contribution < 1.29 is 9.59 Å². The molecule has 0 spiro atoms. The summed E-state index contributed by atoms with van der Waals surface area (Å²) in [5.74, 6) is 0.0584. The molecule has 2 saturated heterocycles. The van der Waals surface area contributed by atoms with Gasteiger partial charge in [-0.1, -0.05) is 0 Å². The smallest absolute Gasteiger partial charge is 0.228 e. The molecule has 1 aromatic heterocycles. The molecule has 2 atom stereocenters. The molecule has 2 amide bonds. The second kappa shape index (κ2) is 6.36. The van der Waals surface area contributed by atoms with Gasteiger partial charge in [-0.25, -0.2) is 4.98 Å². The molecule has 0 aliphatic carbocycles. The van der Waals surface area contributed by atoms with E-state index in [1.807, 2.05) is 29.0 Å². The molecule has 0 bridgehead atoms. The van der Waals surface area contributed by atoms with E-state index in [2.05, 4.69) is 4.98 Å². The van der Waals surface area contributed by atoms with Crippen molar-refractivity contribution in [2.75, 3.05) is 13.1 Å². The zero-order valence-corrected chi connectivity index (χ0v) is 14.0. The van der Waals surface area contributed by atoms with Crippen molar-refractivity contribution in [2.45, 2.75) is 51.6 Å². The molecule has 0 aromatic carbocycles. The van der Waals surface area contributed by atoms with Crippen molar-refractivity contribution in [3.63, 3.8) is 0 Å². The second-order valence-corrected chi connectivity index (χ2v) is 7.38. The normalized spacial score (nSPS) is 26.0. The Bertz CT molecular complexity index is 544. The first kappa shape index (κ1) is 15.5. The highest BCUT2D eigenvalue weighted by atomic mass is 32.1. The number of likely N-dealkylation sites (tertiary alicyclic amines) is 2. The zero-order valence-electron chi connectivity index (χ0n) is 13.2. The van der Waals surface area contributed by atoms with E-state index in [-0.39, 0.29) is 29.8 Å². The first-order chi connectivity index (χ1) is 10.6. The minimum absolute atomic E-state index is 0.101. The predicted molar refractivity (Wildman–Crippen MR) is 85.4 cm³/mol. The summed E-state index contributed by atoms with van der Waals surface area (Å²) in [7, 11) is 0. The third-order valence-corrected chi connectivity index (χ3v) is 5.53. The van der Waals surface area contributed by atoms with Crippen LogP contribution in [0.15, 0.2) is 11.6 Å². The van der Waals surface area contributed by atoms with Crippen molar-refractivity contribution >= 4 is 23.2 Å². The van der Waals surface area contributed by atoms with E-state index in [1.165, 1.54) is 0 Å². The molecule has 120 valence electrons. The Labute approximate surface area is 135 Å². The summed E-state index contributed by atoms with van der Waals surface area (Å²) in [5.41, 5.74) is 0. The fraction of sp³-hybridized carbons (Fsp3) is 0.688. The Morgan fingerprint density at radius 2 is 2.23 bits per heavy atom. The fourth-order valence-corrected chi connectivity index (χ4v) is 4.27. The summed E-state index contributed by atoms with van der Waals surface area (Å²) in [5, 5.41) is 2.99. The highest BCUT2D eigenvalue weighted by Crippen LogP contribution is 2.34. The maximum atomic E-state index is 12.9. The lowest BCUT2D eigenvalue weighted by atomic mass is 9.99. The van der Waals surface area contributed by atoms with Crippen LogP contribution in [0.3, 0.4) is 0 Å². The van der Waals surface area contributed by atoms with Crippen LogP contribution in [0, 0.1) is 5.92 Å². The molecule has 0 N–H and O–H groups in total. The SMILES string of the molecule is CC(C)N1C[C@H](C(=O)N2CCCC[C@H]2c2nccs2)CC1=O. The summed E-state index contributed by atoms with van der Waals surface area (Å²) < 4.78 is 0. The van der Waals surface area contributed by atoms with Gasteiger partial charge in [0.2, 0.25) is 11.8 Å². The second-order valence-electron chi connectivity index (χ2n) is 6.45. The Morgan fingerprint density at radius 1 is 1.41 bits per heavy atom. The van der Waals surface area contributed by atoms with Crippen LogP contribution in [0.25, 0.3) is 0 Å². The summed E-state index contributed by atoms with van der Waals surface area (Å²) in [6, 6.07) is 0.269. The van der Waals surface area contributed by atoms with E-state index in [9.17, 15) is 9.59 Å². The van der Waals surface area contributed by atoms with Crippen molar-refractivity contribution in [1.29, 1.82) is 0 Å². The van der Waals surface area contributed by atoms with E-state index < -0.39 is 0 Å². The quantitative estimate of drug-likeness (QED) is 0.859. The van der Waals surface area contributed by atoms with Crippen LogP contribution in [-0.4, -0.2) is 45.7 Å². The van der Waals surface area contributed by atoms with Gasteiger partial charge in [0.05, 0.1) is 12.0 Å². The average Bonchev–Trinajstić information content (AvgIpc) is 3.15. The van der Waals surface area contributed by atoms with Crippen molar-refractivity contribution in [1.82, 2.24) is 14.8 Å². The minimum Gasteiger partial charge on any atom is -0.339 e. The molecule has 0 radical (unpaired) electrons. The van der Waals surface area contributed by atoms with Crippen LogP contribution in [0.5, 0.6) is 0 Å². The molecule has 22 heavy (non-hydrogen) atoms. The number of carbonyl (C=O) groups excluding carboxylic acids is 2. The number of carbonyl (C=O) groups is 2. The van der Waals surface area contributed by atoms with Crippen molar-refractivity contribution in [3.8, 4) is 0 Å². The van der Waals surface area contributed by atoms with Crippen LogP contribution in [-0.2, 0) is 9.59 Å². The van der Waals surface area contributed by atoms with Gasteiger partial charge in [0.15, 0.2) is 0 Å². The van der Waals surface area contributed by atoms with E-state index in [0.29, 0.717) is 13.0 Å². The highest BCUT2D eigenvalue weighted by Gasteiger charge is 2.40. The third-order valence-electron chi connectivity index (χ3n) is 4.65. The predicted octanol–water partition coefficient (Wildman–Crippen LogP) is 2.45. The van der Waals surface area contributed by atoms with Gasteiger partial charge in [-0.3, -0.25) is 9.59 Å². The van der Waals surface area contributed by atoms with Gasteiger partial charge in [-0.15, -0.1) is 11.3 Å². The van der Waals surface area contributed by atoms with Gasteiger partial charge >= 0.3 is 0 Å². The van der Waals surface area contributed by atoms with E-state index in [1.54, 1.807) is 17.5 Å². The first-order valence-corrected chi connectivity index (χ1v) is 8.95. The van der Waals surface area contributed by atoms with Gasteiger partial charge in [0.25, 0.3) is 0 Å². The molecule has 0 saturated carbocycles. The standard InChI is InChI=1S/C16H23N3O2S/c1-11(2)19-10-12(9-14(19)20)16(21)18-7-4-3-5-13(18)15-17-6-8-22-15/h6,8,11-13H,3-5,7,9-10H2,1-2H3/t12-,13+/m1/s1. The molecule has 0 unspecified atom stereocenters. The number of aromatic nitrogens is 1. The summed E-state index contributed by atoms with van der Waals surface area (Å²) >= 11 is 1.62. The average molecular weight is 321 g/mol. The van der Waals surface area contributed by atoms with E-state index >= 15 is 0 Å². The molecule has 6 heteroatoms. The van der Waals surface area contributed by atoms with Gasteiger partial charge in [0, 0.05) is 37.1 Å². The number of rotatable bonds is 3.